The Morgan fingerprint density at radius 3 is 2.39 bits per heavy atom. The molecule has 1 fully saturated rings. The van der Waals surface area contributed by atoms with Gasteiger partial charge >= 0.3 is 11.9 Å². The molecule has 0 atom stereocenters. The number of rotatable bonds is 4. The Balaban J connectivity index is 1.58. The van der Waals surface area contributed by atoms with Crippen molar-refractivity contribution < 1.29 is 23.9 Å². The quantitative estimate of drug-likeness (QED) is 0.429. The number of hydrogen-bond acceptors (Lipinski definition) is 6. The summed E-state index contributed by atoms with van der Waals surface area (Å²) in [5.41, 5.74) is 3.99. The molecule has 0 radical (unpaired) electrons. The summed E-state index contributed by atoms with van der Waals surface area (Å²) in [6, 6.07) is 10.9. The van der Waals surface area contributed by atoms with Gasteiger partial charge in [0.15, 0.2) is 5.70 Å². The molecule has 158 valence electrons. The highest BCUT2D eigenvalue weighted by molar-refractivity contribution is 6.13. The lowest BCUT2D eigenvalue weighted by molar-refractivity contribution is -0.132. The van der Waals surface area contributed by atoms with Crippen LogP contribution in [0.3, 0.4) is 0 Å². The van der Waals surface area contributed by atoms with E-state index in [2.05, 4.69) is 4.99 Å². The highest BCUT2D eigenvalue weighted by Gasteiger charge is 2.26. The zero-order valence-electron chi connectivity index (χ0n) is 17.6. The minimum atomic E-state index is -0.534. The number of cyclic esters (lactones) is 1. The van der Waals surface area contributed by atoms with Crippen molar-refractivity contribution in [1.82, 2.24) is 0 Å². The third kappa shape index (κ3) is 4.26. The first-order valence-corrected chi connectivity index (χ1v) is 10.0. The second-order valence-corrected chi connectivity index (χ2v) is 7.61. The van der Waals surface area contributed by atoms with Crippen molar-refractivity contribution in [2.24, 2.45) is 4.99 Å². The van der Waals surface area contributed by atoms with E-state index in [1.165, 1.54) is 6.92 Å². The van der Waals surface area contributed by atoms with E-state index in [0.29, 0.717) is 17.7 Å². The summed E-state index contributed by atoms with van der Waals surface area (Å²) in [5.74, 6) is -0.0583. The molecule has 2 aromatic carbocycles. The zero-order valence-corrected chi connectivity index (χ0v) is 17.6. The predicted molar refractivity (Wildman–Crippen MR) is 116 cm³/mol. The van der Waals surface area contributed by atoms with Crippen molar-refractivity contribution in [2.75, 3.05) is 11.4 Å². The van der Waals surface area contributed by atoms with Gasteiger partial charge in [0.2, 0.25) is 11.8 Å². The number of esters is 2. The molecule has 0 N–H and O–H groups in total. The van der Waals surface area contributed by atoms with Crippen molar-refractivity contribution in [3.05, 3.63) is 64.3 Å². The molecule has 2 aliphatic rings. The van der Waals surface area contributed by atoms with Crippen molar-refractivity contribution in [1.29, 1.82) is 0 Å². The molecule has 7 heteroatoms. The summed E-state index contributed by atoms with van der Waals surface area (Å²) in [5, 5.41) is 0. The number of hydrogen-bond donors (Lipinski definition) is 0. The van der Waals surface area contributed by atoms with Crippen LogP contribution in [-0.4, -0.2) is 30.3 Å². The van der Waals surface area contributed by atoms with Crippen LogP contribution in [-0.2, 0) is 19.1 Å². The van der Waals surface area contributed by atoms with Gasteiger partial charge in [0.1, 0.15) is 5.75 Å². The number of benzene rings is 2. The predicted octanol–water partition coefficient (Wildman–Crippen LogP) is 3.70. The minimum absolute atomic E-state index is 0.118. The minimum Gasteiger partial charge on any atom is -0.426 e. The average molecular weight is 418 g/mol. The summed E-state index contributed by atoms with van der Waals surface area (Å²) >= 11 is 0. The fraction of sp³-hybridized carbons (Fsp3) is 0.250. The molecule has 0 bridgehead atoms. The average Bonchev–Trinajstić information content (AvgIpc) is 3.30. The maximum atomic E-state index is 12.3. The first-order valence-electron chi connectivity index (χ1n) is 10.0. The number of carbonyl (C=O) groups is 3. The molecule has 1 amide bonds. The SMILES string of the molecule is CC(=O)Oc1c(C)cc(/C=C2\N=C(c3ccc(N4CCCC4=O)cc3)OC2=O)cc1C. The van der Waals surface area contributed by atoms with Gasteiger partial charge in [-0.15, -0.1) is 0 Å². The Bertz CT molecular complexity index is 1120. The normalized spacial score (nSPS) is 17.2. The van der Waals surface area contributed by atoms with E-state index in [4.69, 9.17) is 9.47 Å². The topological polar surface area (TPSA) is 85.3 Å². The number of carbonyl (C=O) groups excluding carboxylic acids is 3. The monoisotopic (exact) mass is 418 g/mol. The fourth-order valence-electron chi connectivity index (χ4n) is 3.77. The summed E-state index contributed by atoms with van der Waals surface area (Å²) in [6.07, 6.45) is 3.07. The molecule has 4 rings (SSSR count). The molecule has 0 aromatic heterocycles. The van der Waals surface area contributed by atoms with Crippen molar-refractivity contribution in [3.8, 4) is 5.75 Å². The van der Waals surface area contributed by atoms with Crippen LogP contribution in [0.5, 0.6) is 5.75 Å². The molecule has 0 saturated carbocycles. The van der Waals surface area contributed by atoms with Crippen molar-refractivity contribution >= 4 is 35.5 Å². The van der Waals surface area contributed by atoms with Crippen LogP contribution in [0.2, 0.25) is 0 Å². The Morgan fingerprint density at radius 1 is 1.13 bits per heavy atom. The Kier molecular flexibility index (Phi) is 5.42. The molecule has 7 nitrogen and oxygen atoms in total. The molecule has 2 heterocycles. The van der Waals surface area contributed by atoms with Crippen LogP contribution in [0.15, 0.2) is 47.1 Å². The largest absolute Gasteiger partial charge is 0.426 e. The maximum Gasteiger partial charge on any atom is 0.363 e. The second kappa shape index (κ2) is 8.18. The molecule has 2 aliphatic heterocycles. The number of aryl methyl sites for hydroxylation is 2. The number of anilines is 1. The van der Waals surface area contributed by atoms with E-state index in [-0.39, 0.29) is 23.5 Å². The van der Waals surface area contributed by atoms with Crippen LogP contribution in [0.25, 0.3) is 6.08 Å². The lowest BCUT2D eigenvalue weighted by Gasteiger charge is -2.15. The smallest absolute Gasteiger partial charge is 0.363 e. The van der Waals surface area contributed by atoms with Crippen molar-refractivity contribution in [3.63, 3.8) is 0 Å². The Hall–Kier alpha value is -3.74. The molecular formula is C24H22N2O5. The molecule has 0 aliphatic carbocycles. The summed E-state index contributed by atoms with van der Waals surface area (Å²) in [6.45, 7) is 5.74. The zero-order chi connectivity index (χ0) is 22.1. The number of aliphatic imine (C=N–C) groups is 1. The van der Waals surface area contributed by atoms with Crippen molar-refractivity contribution in [2.45, 2.75) is 33.6 Å². The Morgan fingerprint density at radius 2 is 1.81 bits per heavy atom. The van der Waals surface area contributed by atoms with Crippen LogP contribution >= 0.6 is 0 Å². The van der Waals surface area contributed by atoms with Gasteiger partial charge in [-0.3, -0.25) is 9.59 Å². The maximum absolute atomic E-state index is 12.3. The van der Waals surface area contributed by atoms with E-state index in [1.54, 1.807) is 23.1 Å². The van der Waals surface area contributed by atoms with E-state index in [0.717, 1.165) is 35.3 Å². The highest BCUT2D eigenvalue weighted by Crippen LogP contribution is 2.28. The molecule has 1 saturated heterocycles. The lowest BCUT2D eigenvalue weighted by atomic mass is 10.0. The van der Waals surface area contributed by atoms with Gasteiger partial charge in [0.25, 0.3) is 0 Å². The van der Waals surface area contributed by atoms with Crippen LogP contribution < -0.4 is 9.64 Å². The van der Waals surface area contributed by atoms with Gasteiger partial charge < -0.3 is 14.4 Å². The fourth-order valence-corrected chi connectivity index (χ4v) is 3.77. The first kappa shape index (κ1) is 20.5. The van der Waals surface area contributed by atoms with Crippen LogP contribution in [0.1, 0.15) is 42.0 Å². The van der Waals surface area contributed by atoms with E-state index < -0.39 is 5.97 Å². The van der Waals surface area contributed by atoms with E-state index in [1.807, 2.05) is 38.1 Å². The van der Waals surface area contributed by atoms with E-state index >= 15 is 0 Å². The number of ether oxygens (including phenoxy) is 2. The standard InChI is InChI=1S/C24H22N2O5/c1-14-11-17(12-15(2)22(14)30-16(3)27)13-20-24(29)31-23(25-20)18-6-8-19(9-7-18)26-10-4-5-21(26)28/h6-9,11-13H,4-5,10H2,1-3H3/b20-13-. The molecule has 0 unspecified atom stereocenters. The van der Waals surface area contributed by atoms with Gasteiger partial charge in [-0.25, -0.2) is 9.79 Å². The molecule has 31 heavy (non-hydrogen) atoms. The molecular weight excluding hydrogens is 396 g/mol. The second-order valence-electron chi connectivity index (χ2n) is 7.61. The summed E-state index contributed by atoms with van der Waals surface area (Å²) in [7, 11) is 0. The molecule has 2 aromatic rings. The number of amides is 1. The molecule has 0 spiro atoms. The van der Waals surface area contributed by atoms with Gasteiger partial charge in [-0.2, -0.15) is 0 Å². The third-order valence-electron chi connectivity index (χ3n) is 5.15. The highest BCUT2D eigenvalue weighted by atomic mass is 16.6. The van der Waals surface area contributed by atoms with Crippen LogP contribution in [0, 0.1) is 13.8 Å². The third-order valence-corrected chi connectivity index (χ3v) is 5.15. The van der Waals surface area contributed by atoms with Gasteiger partial charge in [-0.05, 0) is 79.4 Å². The lowest BCUT2D eigenvalue weighted by Crippen LogP contribution is -2.23. The first-order chi connectivity index (χ1) is 14.8. The van der Waals surface area contributed by atoms with Gasteiger partial charge in [0, 0.05) is 31.1 Å². The summed E-state index contributed by atoms with van der Waals surface area (Å²) in [4.78, 5) is 41.6. The van der Waals surface area contributed by atoms with Gasteiger partial charge in [0.05, 0.1) is 0 Å². The van der Waals surface area contributed by atoms with Gasteiger partial charge in [-0.1, -0.05) is 0 Å². The number of nitrogens with zero attached hydrogens (tertiary/aromatic N) is 2. The Labute approximate surface area is 180 Å². The summed E-state index contributed by atoms with van der Waals surface area (Å²) < 4.78 is 10.6. The van der Waals surface area contributed by atoms with E-state index in [9.17, 15) is 14.4 Å². The van der Waals surface area contributed by atoms with Crippen LogP contribution in [0.4, 0.5) is 5.69 Å².